The summed E-state index contributed by atoms with van der Waals surface area (Å²) in [7, 11) is 3.29. The molecule has 0 fully saturated rings. The molecule has 1 heterocycles. The average molecular weight is 211 g/mol. The van der Waals surface area contributed by atoms with E-state index in [1.54, 1.807) is 0 Å². The monoisotopic (exact) mass is 211 g/mol. The van der Waals surface area contributed by atoms with E-state index in [0.29, 0.717) is 13.0 Å². The van der Waals surface area contributed by atoms with E-state index < -0.39 is 0 Å². The van der Waals surface area contributed by atoms with Crippen molar-refractivity contribution in [1.82, 2.24) is 9.78 Å². The molecule has 0 aliphatic rings. The van der Waals surface area contributed by atoms with Crippen LogP contribution in [0.3, 0.4) is 0 Å². The smallest absolute Gasteiger partial charge is 0.307 e. The van der Waals surface area contributed by atoms with E-state index in [1.165, 1.54) is 7.11 Å². The minimum atomic E-state index is -0.207. The van der Waals surface area contributed by atoms with Gasteiger partial charge in [0.05, 0.1) is 30.6 Å². The standard InChI is InChI=1S/C10H17N3O2/c1-7-10(8(2)13(3)12-7)11-6-5-9(14)15-4/h11H,5-6H2,1-4H3. The van der Waals surface area contributed by atoms with Crippen LogP contribution in [0.15, 0.2) is 0 Å². The molecule has 15 heavy (non-hydrogen) atoms. The predicted molar refractivity (Wildman–Crippen MR) is 57.8 cm³/mol. The zero-order valence-corrected chi connectivity index (χ0v) is 9.63. The molecule has 1 rings (SSSR count). The van der Waals surface area contributed by atoms with Crippen molar-refractivity contribution < 1.29 is 9.53 Å². The lowest BCUT2D eigenvalue weighted by molar-refractivity contribution is -0.140. The number of esters is 1. The van der Waals surface area contributed by atoms with E-state index in [1.807, 2.05) is 25.6 Å². The Balaban J connectivity index is 2.54. The molecule has 0 spiro atoms. The number of aryl methyl sites for hydroxylation is 2. The molecule has 0 unspecified atom stereocenters. The van der Waals surface area contributed by atoms with Gasteiger partial charge in [-0.2, -0.15) is 5.10 Å². The first kappa shape index (κ1) is 11.6. The van der Waals surface area contributed by atoms with Gasteiger partial charge in [0.2, 0.25) is 0 Å². The summed E-state index contributed by atoms with van der Waals surface area (Å²) in [5, 5.41) is 7.45. The van der Waals surface area contributed by atoms with Crippen LogP contribution in [0.5, 0.6) is 0 Å². The van der Waals surface area contributed by atoms with Gasteiger partial charge in [-0.15, -0.1) is 0 Å². The van der Waals surface area contributed by atoms with Gasteiger partial charge in [-0.1, -0.05) is 0 Å². The Labute approximate surface area is 89.4 Å². The molecule has 0 atom stereocenters. The SMILES string of the molecule is COC(=O)CCNc1c(C)nn(C)c1C. The van der Waals surface area contributed by atoms with Gasteiger partial charge in [-0.25, -0.2) is 0 Å². The number of ether oxygens (including phenoxy) is 1. The van der Waals surface area contributed by atoms with E-state index >= 15 is 0 Å². The second-order valence-corrected chi connectivity index (χ2v) is 3.42. The van der Waals surface area contributed by atoms with Crippen LogP contribution in [0.4, 0.5) is 5.69 Å². The number of anilines is 1. The minimum absolute atomic E-state index is 0.207. The fourth-order valence-corrected chi connectivity index (χ4v) is 1.42. The largest absolute Gasteiger partial charge is 0.469 e. The van der Waals surface area contributed by atoms with Gasteiger partial charge in [-0.05, 0) is 13.8 Å². The molecule has 5 heteroatoms. The summed E-state index contributed by atoms with van der Waals surface area (Å²) in [6.45, 7) is 4.49. The average Bonchev–Trinajstić information content (AvgIpc) is 2.44. The minimum Gasteiger partial charge on any atom is -0.469 e. The molecule has 0 radical (unpaired) electrons. The Morgan fingerprint density at radius 2 is 2.20 bits per heavy atom. The number of rotatable bonds is 4. The molecular weight excluding hydrogens is 194 g/mol. The van der Waals surface area contributed by atoms with Crippen molar-refractivity contribution >= 4 is 11.7 Å². The molecule has 0 saturated heterocycles. The fraction of sp³-hybridized carbons (Fsp3) is 0.600. The Morgan fingerprint density at radius 3 is 2.67 bits per heavy atom. The predicted octanol–water partition coefficient (Wildman–Crippen LogP) is 1.01. The quantitative estimate of drug-likeness (QED) is 0.755. The van der Waals surface area contributed by atoms with Crippen LogP contribution in [0, 0.1) is 13.8 Å². The zero-order valence-electron chi connectivity index (χ0n) is 9.63. The second kappa shape index (κ2) is 4.82. The highest BCUT2D eigenvalue weighted by molar-refractivity contribution is 5.70. The Hall–Kier alpha value is -1.52. The normalized spacial score (nSPS) is 10.1. The second-order valence-electron chi connectivity index (χ2n) is 3.42. The Morgan fingerprint density at radius 1 is 1.53 bits per heavy atom. The van der Waals surface area contributed by atoms with Gasteiger partial charge < -0.3 is 10.1 Å². The molecule has 1 aromatic rings. The first-order chi connectivity index (χ1) is 7.06. The van der Waals surface area contributed by atoms with Crippen molar-refractivity contribution in [2.45, 2.75) is 20.3 Å². The van der Waals surface area contributed by atoms with Gasteiger partial charge in [0.1, 0.15) is 0 Å². The third-order valence-corrected chi connectivity index (χ3v) is 2.37. The number of nitrogens with one attached hydrogen (secondary N) is 1. The van der Waals surface area contributed by atoms with Crippen LogP contribution in [0.1, 0.15) is 17.8 Å². The number of hydrogen-bond acceptors (Lipinski definition) is 4. The van der Waals surface area contributed by atoms with Gasteiger partial charge in [0.25, 0.3) is 0 Å². The third kappa shape index (κ3) is 2.71. The topological polar surface area (TPSA) is 56.1 Å². The number of methoxy groups -OCH3 is 1. The maximum atomic E-state index is 10.9. The van der Waals surface area contributed by atoms with Gasteiger partial charge in [-0.3, -0.25) is 9.48 Å². The highest BCUT2D eigenvalue weighted by Crippen LogP contribution is 2.17. The third-order valence-electron chi connectivity index (χ3n) is 2.37. The molecule has 0 bridgehead atoms. The van der Waals surface area contributed by atoms with E-state index in [-0.39, 0.29) is 5.97 Å². The number of nitrogens with zero attached hydrogens (tertiary/aromatic N) is 2. The number of carbonyl (C=O) groups excluding carboxylic acids is 1. The van der Waals surface area contributed by atoms with E-state index in [9.17, 15) is 4.79 Å². The van der Waals surface area contributed by atoms with E-state index in [0.717, 1.165) is 17.1 Å². The molecular formula is C10H17N3O2. The van der Waals surface area contributed by atoms with Crippen LogP contribution in [-0.4, -0.2) is 29.4 Å². The molecule has 0 aromatic carbocycles. The fourth-order valence-electron chi connectivity index (χ4n) is 1.42. The Kier molecular flexibility index (Phi) is 3.71. The van der Waals surface area contributed by atoms with Gasteiger partial charge in [0.15, 0.2) is 0 Å². The molecule has 0 aliphatic heterocycles. The summed E-state index contributed by atoms with van der Waals surface area (Å²) in [4.78, 5) is 10.9. The molecule has 0 saturated carbocycles. The highest BCUT2D eigenvalue weighted by Gasteiger charge is 2.08. The van der Waals surface area contributed by atoms with Crippen molar-refractivity contribution in [3.8, 4) is 0 Å². The first-order valence-electron chi connectivity index (χ1n) is 4.87. The van der Waals surface area contributed by atoms with Crippen LogP contribution >= 0.6 is 0 Å². The first-order valence-corrected chi connectivity index (χ1v) is 4.87. The van der Waals surface area contributed by atoms with E-state index in [4.69, 9.17) is 0 Å². The lowest BCUT2D eigenvalue weighted by Gasteiger charge is -2.05. The van der Waals surface area contributed by atoms with Crippen LogP contribution in [-0.2, 0) is 16.6 Å². The summed E-state index contributed by atoms with van der Waals surface area (Å²) in [5.74, 6) is -0.207. The summed E-state index contributed by atoms with van der Waals surface area (Å²) in [6, 6.07) is 0. The van der Waals surface area contributed by atoms with Crippen molar-refractivity contribution in [3.63, 3.8) is 0 Å². The van der Waals surface area contributed by atoms with Gasteiger partial charge in [0, 0.05) is 13.6 Å². The maximum Gasteiger partial charge on any atom is 0.307 e. The maximum absolute atomic E-state index is 10.9. The Bertz CT molecular complexity index is 358. The summed E-state index contributed by atoms with van der Waals surface area (Å²) in [5.41, 5.74) is 3.01. The van der Waals surface area contributed by atoms with Crippen molar-refractivity contribution in [2.75, 3.05) is 19.0 Å². The molecule has 0 amide bonds. The van der Waals surface area contributed by atoms with Crippen molar-refractivity contribution in [1.29, 1.82) is 0 Å². The number of aromatic nitrogens is 2. The van der Waals surface area contributed by atoms with Crippen molar-refractivity contribution in [3.05, 3.63) is 11.4 Å². The lowest BCUT2D eigenvalue weighted by atomic mass is 10.3. The number of hydrogen-bond donors (Lipinski definition) is 1. The highest BCUT2D eigenvalue weighted by atomic mass is 16.5. The van der Waals surface area contributed by atoms with Crippen LogP contribution < -0.4 is 5.32 Å². The summed E-state index contributed by atoms with van der Waals surface area (Å²) >= 11 is 0. The summed E-state index contributed by atoms with van der Waals surface area (Å²) < 4.78 is 6.37. The molecule has 5 nitrogen and oxygen atoms in total. The van der Waals surface area contributed by atoms with Crippen molar-refractivity contribution in [2.24, 2.45) is 7.05 Å². The summed E-state index contributed by atoms with van der Waals surface area (Å²) in [6.07, 6.45) is 0.365. The van der Waals surface area contributed by atoms with Crippen LogP contribution in [0.25, 0.3) is 0 Å². The molecule has 0 aliphatic carbocycles. The number of carbonyl (C=O) groups is 1. The molecule has 84 valence electrons. The van der Waals surface area contributed by atoms with Crippen LogP contribution in [0.2, 0.25) is 0 Å². The molecule has 1 N–H and O–H groups in total. The van der Waals surface area contributed by atoms with E-state index in [2.05, 4.69) is 15.2 Å². The zero-order chi connectivity index (χ0) is 11.4. The lowest BCUT2D eigenvalue weighted by Crippen LogP contribution is -2.10. The van der Waals surface area contributed by atoms with Gasteiger partial charge >= 0.3 is 5.97 Å². The molecule has 1 aromatic heterocycles.